The van der Waals surface area contributed by atoms with E-state index in [1.165, 1.54) is 23.5 Å². The lowest BCUT2D eigenvalue weighted by atomic mass is 10.2. The zero-order chi connectivity index (χ0) is 13.1. The molecule has 0 radical (unpaired) electrons. The minimum atomic E-state index is -0.286. The number of benzene rings is 1. The number of halogens is 2. The number of methoxy groups -OCH3 is 1. The van der Waals surface area contributed by atoms with Crippen LogP contribution in [0.3, 0.4) is 0 Å². The second-order valence-electron chi connectivity index (χ2n) is 3.65. The number of hydrogen-bond acceptors (Lipinski definition) is 4. The third-order valence-corrected chi connectivity index (χ3v) is 4.25. The average Bonchev–Trinajstić information content (AvgIpc) is 2.76. The highest BCUT2D eigenvalue weighted by Crippen LogP contribution is 2.33. The Balaban J connectivity index is 2.47. The highest BCUT2D eigenvalue weighted by atomic mass is 79.9. The Morgan fingerprint density at radius 1 is 1.50 bits per heavy atom. The van der Waals surface area contributed by atoms with Gasteiger partial charge in [0.05, 0.1) is 12.3 Å². The molecule has 0 bridgehead atoms. The summed E-state index contributed by atoms with van der Waals surface area (Å²) in [7, 11) is 1.61. The summed E-state index contributed by atoms with van der Waals surface area (Å²) >= 11 is 4.86. The Labute approximate surface area is 117 Å². The third-order valence-electron chi connectivity index (χ3n) is 2.40. The lowest BCUT2D eigenvalue weighted by Crippen LogP contribution is -1.99. The minimum absolute atomic E-state index is 0.286. The van der Waals surface area contributed by atoms with Crippen LogP contribution >= 0.6 is 27.3 Å². The first-order valence-electron chi connectivity index (χ1n) is 5.28. The number of ether oxygens (including phenoxy) is 1. The van der Waals surface area contributed by atoms with Crippen molar-refractivity contribution >= 4 is 27.3 Å². The van der Waals surface area contributed by atoms with E-state index in [9.17, 15) is 4.39 Å². The molecule has 6 heteroatoms. The average molecular weight is 331 g/mol. The Morgan fingerprint density at radius 3 is 2.94 bits per heavy atom. The standard InChI is InChI=1S/C12H12BrFN2OS/c1-17-6-10-11(5-15)18-12(16-10)8-4-7(14)2-3-9(8)13/h2-4H,5-6,15H2,1H3. The first-order chi connectivity index (χ1) is 8.65. The first kappa shape index (κ1) is 13.6. The van der Waals surface area contributed by atoms with Crippen LogP contribution in [0.4, 0.5) is 4.39 Å². The van der Waals surface area contributed by atoms with E-state index in [0.29, 0.717) is 13.2 Å². The highest BCUT2D eigenvalue weighted by molar-refractivity contribution is 9.10. The van der Waals surface area contributed by atoms with Crippen LogP contribution in [0.2, 0.25) is 0 Å². The van der Waals surface area contributed by atoms with Gasteiger partial charge in [0.15, 0.2) is 0 Å². The van der Waals surface area contributed by atoms with Crippen LogP contribution in [0.15, 0.2) is 22.7 Å². The van der Waals surface area contributed by atoms with Crippen LogP contribution in [-0.4, -0.2) is 12.1 Å². The van der Waals surface area contributed by atoms with E-state index in [1.807, 2.05) is 0 Å². The summed E-state index contributed by atoms with van der Waals surface area (Å²) in [6.45, 7) is 0.819. The van der Waals surface area contributed by atoms with E-state index >= 15 is 0 Å². The lowest BCUT2D eigenvalue weighted by molar-refractivity contribution is 0.181. The van der Waals surface area contributed by atoms with Crippen molar-refractivity contribution in [1.82, 2.24) is 4.98 Å². The van der Waals surface area contributed by atoms with Crippen molar-refractivity contribution in [3.63, 3.8) is 0 Å². The number of aromatic nitrogens is 1. The Bertz CT molecular complexity index is 559. The Hall–Kier alpha value is -0.820. The lowest BCUT2D eigenvalue weighted by Gasteiger charge is -2.00. The topological polar surface area (TPSA) is 48.1 Å². The molecule has 3 nitrogen and oxygen atoms in total. The molecule has 0 fully saturated rings. The minimum Gasteiger partial charge on any atom is -0.378 e. The number of rotatable bonds is 4. The van der Waals surface area contributed by atoms with Gasteiger partial charge in [0.1, 0.15) is 10.8 Å². The van der Waals surface area contributed by atoms with Crippen molar-refractivity contribution in [3.05, 3.63) is 39.1 Å². The molecular formula is C12H12BrFN2OS. The second kappa shape index (κ2) is 5.88. The number of nitrogens with zero attached hydrogens (tertiary/aromatic N) is 1. The maximum atomic E-state index is 13.3. The Morgan fingerprint density at radius 2 is 2.28 bits per heavy atom. The van der Waals surface area contributed by atoms with Gasteiger partial charge in [-0.25, -0.2) is 9.37 Å². The predicted octanol–water partition coefficient (Wildman–Crippen LogP) is 3.32. The fourth-order valence-corrected chi connectivity index (χ4v) is 3.11. The fraction of sp³-hybridized carbons (Fsp3) is 0.250. The first-order valence-corrected chi connectivity index (χ1v) is 6.89. The molecule has 2 rings (SSSR count). The van der Waals surface area contributed by atoms with Gasteiger partial charge in [-0.15, -0.1) is 11.3 Å². The summed E-state index contributed by atoms with van der Waals surface area (Å²) in [5.74, 6) is -0.286. The van der Waals surface area contributed by atoms with Crippen molar-refractivity contribution < 1.29 is 9.13 Å². The van der Waals surface area contributed by atoms with Crippen LogP contribution in [-0.2, 0) is 17.9 Å². The van der Waals surface area contributed by atoms with Gasteiger partial charge in [0.2, 0.25) is 0 Å². The Kier molecular flexibility index (Phi) is 4.45. The second-order valence-corrected chi connectivity index (χ2v) is 5.59. The molecule has 0 aliphatic carbocycles. The summed E-state index contributed by atoms with van der Waals surface area (Å²) in [5, 5.41) is 0.744. The van der Waals surface area contributed by atoms with Gasteiger partial charge in [-0.2, -0.15) is 0 Å². The van der Waals surface area contributed by atoms with E-state index in [2.05, 4.69) is 20.9 Å². The molecule has 96 valence electrons. The highest BCUT2D eigenvalue weighted by Gasteiger charge is 2.14. The monoisotopic (exact) mass is 330 g/mol. The van der Waals surface area contributed by atoms with Crippen molar-refractivity contribution in [3.8, 4) is 10.6 Å². The van der Waals surface area contributed by atoms with E-state index in [4.69, 9.17) is 10.5 Å². The smallest absolute Gasteiger partial charge is 0.125 e. The van der Waals surface area contributed by atoms with Crippen molar-refractivity contribution in [1.29, 1.82) is 0 Å². The van der Waals surface area contributed by atoms with Crippen molar-refractivity contribution in [2.75, 3.05) is 7.11 Å². The zero-order valence-corrected chi connectivity index (χ0v) is 12.1. The van der Waals surface area contributed by atoms with E-state index < -0.39 is 0 Å². The van der Waals surface area contributed by atoms with Gasteiger partial charge in [-0.3, -0.25) is 0 Å². The SMILES string of the molecule is COCc1nc(-c2cc(F)ccc2Br)sc1CN. The van der Waals surface area contributed by atoms with E-state index in [0.717, 1.165) is 25.6 Å². The summed E-state index contributed by atoms with van der Waals surface area (Å²) < 4.78 is 19.2. The number of nitrogens with two attached hydrogens (primary N) is 1. The van der Waals surface area contributed by atoms with Crippen molar-refractivity contribution in [2.45, 2.75) is 13.2 Å². The van der Waals surface area contributed by atoms with E-state index in [1.54, 1.807) is 13.2 Å². The summed E-state index contributed by atoms with van der Waals surface area (Å²) in [6.07, 6.45) is 0. The number of hydrogen-bond donors (Lipinski definition) is 1. The molecule has 1 aromatic heterocycles. The largest absolute Gasteiger partial charge is 0.378 e. The molecule has 1 heterocycles. The van der Waals surface area contributed by atoms with Gasteiger partial charge in [-0.1, -0.05) is 15.9 Å². The van der Waals surface area contributed by atoms with Gasteiger partial charge in [0.25, 0.3) is 0 Å². The molecule has 0 atom stereocenters. The van der Waals surface area contributed by atoms with Crippen LogP contribution in [0, 0.1) is 5.82 Å². The fourth-order valence-electron chi connectivity index (χ4n) is 1.57. The quantitative estimate of drug-likeness (QED) is 0.935. The molecule has 1 aromatic carbocycles. The number of thiazole rings is 1. The molecule has 0 saturated heterocycles. The van der Waals surface area contributed by atoms with Crippen LogP contribution in [0.25, 0.3) is 10.6 Å². The molecule has 0 spiro atoms. The third kappa shape index (κ3) is 2.77. The molecule has 2 aromatic rings. The van der Waals surface area contributed by atoms with Gasteiger partial charge < -0.3 is 10.5 Å². The van der Waals surface area contributed by atoms with Crippen LogP contribution < -0.4 is 5.73 Å². The summed E-state index contributed by atoms with van der Waals surface area (Å²) in [5.41, 5.74) is 7.22. The molecule has 0 aliphatic heterocycles. The van der Waals surface area contributed by atoms with Gasteiger partial charge >= 0.3 is 0 Å². The maximum Gasteiger partial charge on any atom is 0.125 e. The molecule has 0 aliphatic rings. The predicted molar refractivity (Wildman–Crippen MR) is 73.8 cm³/mol. The molecule has 0 unspecified atom stereocenters. The van der Waals surface area contributed by atoms with Crippen LogP contribution in [0.1, 0.15) is 10.6 Å². The normalized spacial score (nSPS) is 10.9. The van der Waals surface area contributed by atoms with Gasteiger partial charge in [-0.05, 0) is 18.2 Å². The maximum absolute atomic E-state index is 13.3. The molecule has 0 amide bonds. The molecular weight excluding hydrogens is 319 g/mol. The van der Waals surface area contributed by atoms with Crippen LogP contribution in [0.5, 0.6) is 0 Å². The summed E-state index contributed by atoms with van der Waals surface area (Å²) in [4.78, 5) is 5.42. The van der Waals surface area contributed by atoms with Crippen molar-refractivity contribution in [2.24, 2.45) is 5.73 Å². The molecule has 18 heavy (non-hydrogen) atoms. The van der Waals surface area contributed by atoms with E-state index in [-0.39, 0.29) is 5.82 Å². The summed E-state index contributed by atoms with van der Waals surface area (Å²) in [6, 6.07) is 4.53. The van der Waals surface area contributed by atoms with Gasteiger partial charge in [0, 0.05) is 28.6 Å². The molecule has 2 N–H and O–H groups in total. The molecule has 0 saturated carbocycles. The zero-order valence-electron chi connectivity index (χ0n) is 9.74.